The summed E-state index contributed by atoms with van der Waals surface area (Å²) >= 11 is 0. The van der Waals surface area contributed by atoms with Gasteiger partial charge in [0.25, 0.3) is 0 Å². The highest BCUT2D eigenvalue weighted by molar-refractivity contribution is 7.89. The van der Waals surface area contributed by atoms with Crippen LogP contribution >= 0.6 is 0 Å². The Kier molecular flexibility index (Phi) is 4.59. The van der Waals surface area contributed by atoms with E-state index in [1.54, 1.807) is 12.1 Å². The van der Waals surface area contributed by atoms with E-state index in [1.807, 2.05) is 0 Å². The monoisotopic (exact) mass is 271 g/mol. The van der Waals surface area contributed by atoms with E-state index in [2.05, 4.69) is 25.7 Å². The third-order valence-electron chi connectivity index (χ3n) is 2.72. The van der Waals surface area contributed by atoms with Crippen LogP contribution in [0.1, 0.15) is 27.2 Å². The van der Waals surface area contributed by atoms with Crippen molar-refractivity contribution in [3.05, 3.63) is 18.2 Å². The second-order valence-corrected chi connectivity index (χ2v) is 6.08. The maximum Gasteiger partial charge on any atom is 0.240 e. The van der Waals surface area contributed by atoms with Gasteiger partial charge in [0.05, 0.1) is 5.69 Å². The van der Waals surface area contributed by atoms with Crippen molar-refractivity contribution in [3.8, 4) is 0 Å². The molecule has 4 N–H and O–H groups in total. The van der Waals surface area contributed by atoms with Crippen LogP contribution in [0.25, 0.3) is 0 Å². The topological polar surface area (TPSA) is 89.4 Å². The summed E-state index contributed by atoms with van der Waals surface area (Å²) in [5.74, 6) is 0. The molecule has 0 saturated carbocycles. The molecule has 0 fully saturated rings. The van der Waals surface area contributed by atoms with E-state index in [4.69, 9.17) is 10.9 Å². The summed E-state index contributed by atoms with van der Waals surface area (Å²) in [4.78, 5) is 2.15. The van der Waals surface area contributed by atoms with Crippen molar-refractivity contribution < 1.29 is 8.42 Å². The molecule has 0 saturated heterocycles. The standard InChI is InChI=1S/C12H21N3O2S/c1-4-7-15(9(2)3)10-5-6-12(11(13)8-10)18(14,16)17/h5-6,8-9H,4,7,13H2,1-3H3,(H2,14,16,17). The number of nitrogen functional groups attached to an aromatic ring is 1. The van der Waals surface area contributed by atoms with Gasteiger partial charge in [-0.15, -0.1) is 0 Å². The van der Waals surface area contributed by atoms with Gasteiger partial charge in [0.15, 0.2) is 0 Å². The second kappa shape index (κ2) is 5.58. The molecule has 0 aromatic heterocycles. The molecular formula is C12H21N3O2S. The van der Waals surface area contributed by atoms with Crippen LogP contribution in [0.2, 0.25) is 0 Å². The fourth-order valence-corrected chi connectivity index (χ4v) is 2.55. The van der Waals surface area contributed by atoms with Crippen LogP contribution < -0.4 is 15.8 Å². The molecule has 0 unspecified atom stereocenters. The molecule has 0 atom stereocenters. The smallest absolute Gasteiger partial charge is 0.240 e. The molecule has 6 heteroatoms. The normalized spacial score (nSPS) is 11.8. The SMILES string of the molecule is CCCN(c1ccc(S(N)(=O)=O)c(N)c1)C(C)C. The van der Waals surface area contributed by atoms with Crippen LogP contribution in [0.15, 0.2) is 23.1 Å². The van der Waals surface area contributed by atoms with Gasteiger partial charge in [0.1, 0.15) is 4.90 Å². The lowest BCUT2D eigenvalue weighted by atomic mass is 10.2. The summed E-state index contributed by atoms with van der Waals surface area (Å²) in [6, 6.07) is 5.19. The number of primary sulfonamides is 1. The molecule has 18 heavy (non-hydrogen) atoms. The average molecular weight is 271 g/mol. The highest BCUT2D eigenvalue weighted by Crippen LogP contribution is 2.25. The third kappa shape index (κ3) is 3.36. The van der Waals surface area contributed by atoms with Gasteiger partial charge in [0, 0.05) is 18.3 Å². The average Bonchev–Trinajstić information content (AvgIpc) is 2.23. The zero-order chi connectivity index (χ0) is 13.9. The first-order valence-electron chi connectivity index (χ1n) is 5.96. The Morgan fingerprint density at radius 1 is 1.33 bits per heavy atom. The quantitative estimate of drug-likeness (QED) is 0.795. The molecule has 0 radical (unpaired) electrons. The molecule has 0 aliphatic rings. The van der Waals surface area contributed by atoms with E-state index in [-0.39, 0.29) is 10.6 Å². The van der Waals surface area contributed by atoms with Crippen molar-refractivity contribution >= 4 is 21.4 Å². The Morgan fingerprint density at radius 2 is 1.94 bits per heavy atom. The van der Waals surface area contributed by atoms with Gasteiger partial charge in [-0.3, -0.25) is 0 Å². The summed E-state index contributed by atoms with van der Waals surface area (Å²) in [6.45, 7) is 7.15. The highest BCUT2D eigenvalue weighted by Gasteiger charge is 2.15. The minimum atomic E-state index is -3.75. The number of hydrogen-bond acceptors (Lipinski definition) is 4. The van der Waals surface area contributed by atoms with Crippen molar-refractivity contribution in [3.63, 3.8) is 0 Å². The molecular weight excluding hydrogens is 250 g/mol. The number of sulfonamides is 1. The molecule has 102 valence electrons. The predicted molar refractivity (Wildman–Crippen MR) is 75.0 cm³/mol. The number of benzene rings is 1. The maximum atomic E-state index is 11.3. The molecule has 0 heterocycles. The van der Waals surface area contributed by atoms with Crippen LogP contribution in [-0.2, 0) is 10.0 Å². The Balaban J connectivity index is 3.17. The number of rotatable bonds is 5. The van der Waals surface area contributed by atoms with E-state index < -0.39 is 10.0 Å². The van der Waals surface area contributed by atoms with E-state index >= 15 is 0 Å². The van der Waals surface area contributed by atoms with Gasteiger partial charge >= 0.3 is 0 Å². The zero-order valence-electron chi connectivity index (χ0n) is 11.1. The summed E-state index contributed by atoms with van der Waals surface area (Å²) in [5, 5.41) is 5.08. The highest BCUT2D eigenvalue weighted by atomic mass is 32.2. The van der Waals surface area contributed by atoms with Gasteiger partial charge in [-0.25, -0.2) is 13.6 Å². The molecule has 0 bridgehead atoms. The van der Waals surface area contributed by atoms with Crippen LogP contribution in [0, 0.1) is 0 Å². The first-order chi connectivity index (χ1) is 8.27. The Morgan fingerprint density at radius 3 is 2.33 bits per heavy atom. The zero-order valence-corrected chi connectivity index (χ0v) is 11.9. The first-order valence-corrected chi connectivity index (χ1v) is 7.51. The molecule has 1 aromatic rings. The van der Waals surface area contributed by atoms with E-state index in [9.17, 15) is 8.42 Å². The van der Waals surface area contributed by atoms with Crippen molar-refractivity contribution in [1.82, 2.24) is 0 Å². The first kappa shape index (κ1) is 14.8. The van der Waals surface area contributed by atoms with Crippen LogP contribution in [0.3, 0.4) is 0 Å². The fourth-order valence-electron chi connectivity index (χ4n) is 1.90. The summed E-state index contributed by atoms with van der Waals surface area (Å²) < 4.78 is 22.6. The van der Waals surface area contributed by atoms with Crippen LogP contribution in [0.4, 0.5) is 11.4 Å². The summed E-state index contributed by atoms with van der Waals surface area (Å²) in [7, 11) is -3.75. The van der Waals surface area contributed by atoms with Crippen LogP contribution in [0.5, 0.6) is 0 Å². The molecule has 1 aromatic carbocycles. The lowest BCUT2D eigenvalue weighted by molar-refractivity contribution is 0.598. The number of nitrogens with two attached hydrogens (primary N) is 2. The minimum absolute atomic E-state index is 0.0218. The molecule has 5 nitrogen and oxygen atoms in total. The second-order valence-electron chi connectivity index (χ2n) is 4.55. The van der Waals surface area contributed by atoms with Crippen molar-refractivity contribution in [2.24, 2.45) is 5.14 Å². The predicted octanol–water partition coefficient (Wildman–Crippen LogP) is 1.54. The summed E-state index contributed by atoms with van der Waals surface area (Å²) in [6.07, 6.45) is 1.01. The lowest BCUT2D eigenvalue weighted by Gasteiger charge is -2.29. The third-order valence-corrected chi connectivity index (χ3v) is 3.70. The van der Waals surface area contributed by atoms with Gasteiger partial charge in [0.2, 0.25) is 10.0 Å². The molecule has 0 aliphatic carbocycles. The molecule has 0 amide bonds. The van der Waals surface area contributed by atoms with E-state index in [0.717, 1.165) is 18.7 Å². The summed E-state index contributed by atoms with van der Waals surface area (Å²) in [5.41, 5.74) is 6.86. The maximum absolute atomic E-state index is 11.3. The van der Waals surface area contributed by atoms with E-state index in [0.29, 0.717) is 6.04 Å². The molecule has 0 spiro atoms. The van der Waals surface area contributed by atoms with Crippen molar-refractivity contribution in [2.75, 3.05) is 17.2 Å². The van der Waals surface area contributed by atoms with Gasteiger partial charge in [-0.2, -0.15) is 0 Å². The largest absolute Gasteiger partial charge is 0.398 e. The van der Waals surface area contributed by atoms with Crippen molar-refractivity contribution in [2.45, 2.75) is 38.1 Å². The number of nitrogens with zero attached hydrogens (tertiary/aromatic N) is 1. The van der Waals surface area contributed by atoms with Crippen LogP contribution in [-0.4, -0.2) is 21.0 Å². The number of anilines is 2. The van der Waals surface area contributed by atoms with Gasteiger partial charge < -0.3 is 10.6 Å². The Bertz CT molecular complexity index is 512. The Hall–Kier alpha value is -1.27. The van der Waals surface area contributed by atoms with Gasteiger partial charge in [-0.05, 0) is 38.5 Å². The van der Waals surface area contributed by atoms with Gasteiger partial charge in [-0.1, -0.05) is 6.92 Å². The molecule has 1 rings (SSSR count). The molecule has 0 aliphatic heterocycles. The fraction of sp³-hybridized carbons (Fsp3) is 0.500. The van der Waals surface area contributed by atoms with E-state index in [1.165, 1.54) is 6.07 Å². The van der Waals surface area contributed by atoms with Crippen molar-refractivity contribution in [1.29, 1.82) is 0 Å². The number of hydrogen-bond donors (Lipinski definition) is 2. The Labute approximate surface area is 109 Å². The lowest BCUT2D eigenvalue weighted by Crippen LogP contribution is -2.31. The minimum Gasteiger partial charge on any atom is -0.398 e.